The lowest BCUT2D eigenvalue weighted by Gasteiger charge is -2.21. The third-order valence-electron chi connectivity index (χ3n) is 2.37. The zero-order valence-electron chi connectivity index (χ0n) is 9.24. The molecule has 0 bridgehead atoms. The average molecular weight is 231 g/mol. The fraction of sp³-hybridized carbons (Fsp3) is 0.154. The summed E-state index contributed by atoms with van der Waals surface area (Å²) in [4.78, 5) is 12.6. The van der Waals surface area contributed by atoms with E-state index < -0.39 is 5.97 Å². The molecule has 4 nitrogen and oxygen atoms in total. The molecule has 1 aromatic heterocycles. The molecule has 0 atom stereocenters. The Morgan fingerprint density at radius 3 is 2.53 bits per heavy atom. The molecule has 2 rings (SSSR count). The molecule has 88 valence electrons. The van der Waals surface area contributed by atoms with Crippen LogP contribution in [0.3, 0.4) is 0 Å². The van der Waals surface area contributed by atoms with E-state index >= 15 is 0 Å². The Hall–Kier alpha value is -2.23. The highest BCUT2D eigenvalue weighted by Gasteiger charge is 2.12. The monoisotopic (exact) mass is 231 g/mol. The quantitative estimate of drug-likeness (QED) is 0.858. The van der Waals surface area contributed by atoms with Crippen molar-refractivity contribution in [1.82, 2.24) is 0 Å². The van der Waals surface area contributed by atoms with Gasteiger partial charge in [-0.05, 0) is 24.3 Å². The van der Waals surface area contributed by atoms with Gasteiger partial charge >= 0.3 is 5.97 Å². The van der Waals surface area contributed by atoms with Crippen molar-refractivity contribution in [3.63, 3.8) is 0 Å². The minimum atomic E-state index is -0.861. The Balaban J connectivity index is 2.16. The molecular formula is C13H13NO3. The third kappa shape index (κ3) is 3.11. The Bertz CT molecular complexity index is 465. The predicted octanol–water partition coefficient (Wildman–Crippen LogP) is 2.37. The van der Waals surface area contributed by atoms with Crippen LogP contribution in [0.15, 0.2) is 53.1 Å². The number of carbonyl (C=O) groups is 1. The first-order chi connectivity index (χ1) is 8.25. The van der Waals surface area contributed by atoms with Crippen LogP contribution in [0.4, 0.5) is 5.69 Å². The van der Waals surface area contributed by atoms with E-state index in [2.05, 4.69) is 0 Å². The van der Waals surface area contributed by atoms with Crippen LogP contribution in [-0.4, -0.2) is 17.6 Å². The van der Waals surface area contributed by atoms with Gasteiger partial charge in [0, 0.05) is 5.69 Å². The van der Waals surface area contributed by atoms with E-state index in [9.17, 15) is 4.79 Å². The minimum absolute atomic E-state index is 0.0509. The van der Waals surface area contributed by atoms with Gasteiger partial charge in [0.1, 0.15) is 12.3 Å². The van der Waals surface area contributed by atoms with E-state index in [0.717, 1.165) is 11.4 Å². The summed E-state index contributed by atoms with van der Waals surface area (Å²) < 4.78 is 5.23. The molecule has 0 aliphatic heterocycles. The molecule has 0 aliphatic rings. The standard InChI is InChI=1S/C13H13NO3/c15-13(16)10-14(9-12-7-4-8-17-12)11-5-2-1-3-6-11/h1-8H,9-10H2,(H,15,16). The topological polar surface area (TPSA) is 53.7 Å². The highest BCUT2D eigenvalue weighted by Crippen LogP contribution is 2.16. The molecular weight excluding hydrogens is 218 g/mol. The second kappa shape index (κ2) is 5.21. The largest absolute Gasteiger partial charge is 0.480 e. The lowest BCUT2D eigenvalue weighted by atomic mass is 10.2. The van der Waals surface area contributed by atoms with Gasteiger partial charge in [-0.2, -0.15) is 0 Å². The summed E-state index contributed by atoms with van der Waals surface area (Å²) in [6, 6.07) is 13.0. The second-order valence-corrected chi connectivity index (χ2v) is 3.66. The van der Waals surface area contributed by atoms with Crippen LogP contribution in [0.1, 0.15) is 5.76 Å². The van der Waals surface area contributed by atoms with Crippen LogP contribution in [0.5, 0.6) is 0 Å². The van der Waals surface area contributed by atoms with E-state index in [1.165, 1.54) is 0 Å². The number of carboxylic acids is 1. The van der Waals surface area contributed by atoms with E-state index in [-0.39, 0.29) is 6.54 Å². The van der Waals surface area contributed by atoms with Gasteiger partial charge < -0.3 is 14.4 Å². The van der Waals surface area contributed by atoms with Crippen molar-refractivity contribution in [3.8, 4) is 0 Å². The Morgan fingerprint density at radius 2 is 1.94 bits per heavy atom. The first kappa shape index (κ1) is 11.3. The fourth-order valence-corrected chi connectivity index (χ4v) is 1.63. The summed E-state index contributed by atoms with van der Waals surface area (Å²) in [5.41, 5.74) is 0.867. The Morgan fingerprint density at radius 1 is 1.18 bits per heavy atom. The van der Waals surface area contributed by atoms with Gasteiger partial charge in [0.25, 0.3) is 0 Å². The molecule has 0 aliphatic carbocycles. The molecule has 2 aromatic rings. The maximum Gasteiger partial charge on any atom is 0.323 e. The molecule has 0 spiro atoms. The summed E-state index contributed by atoms with van der Waals surface area (Å²) in [5.74, 6) is -0.115. The van der Waals surface area contributed by atoms with Crippen molar-refractivity contribution in [2.45, 2.75) is 6.54 Å². The molecule has 4 heteroatoms. The molecule has 0 fully saturated rings. The molecule has 0 saturated carbocycles. The number of furan rings is 1. The number of para-hydroxylation sites is 1. The summed E-state index contributed by atoms with van der Waals surface area (Å²) >= 11 is 0. The first-order valence-electron chi connectivity index (χ1n) is 5.30. The number of rotatable bonds is 5. The third-order valence-corrected chi connectivity index (χ3v) is 2.37. The normalized spacial score (nSPS) is 10.1. The van der Waals surface area contributed by atoms with Gasteiger partial charge in [0.2, 0.25) is 0 Å². The maximum absolute atomic E-state index is 10.8. The maximum atomic E-state index is 10.8. The van der Waals surface area contributed by atoms with Crippen LogP contribution in [0.25, 0.3) is 0 Å². The molecule has 17 heavy (non-hydrogen) atoms. The van der Waals surface area contributed by atoms with Crippen LogP contribution in [0, 0.1) is 0 Å². The van der Waals surface area contributed by atoms with Gasteiger partial charge in [-0.1, -0.05) is 18.2 Å². The van der Waals surface area contributed by atoms with Crippen molar-refractivity contribution < 1.29 is 14.3 Å². The fourth-order valence-electron chi connectivity index (χ4n) is 1.63. The summed E-state index contributed by atoms with van der Waals surface area (Å²) in [6.07, 6.45) is 1.58. The van der Waals surface area contributed by atoms with E-state index in [0.29, 0.717) is 6.54 Å². The van der Waals surface area contributed by atoms with Crippen LogP contribution < -0.4 is 4.90 Å². The Kier molecular flexibility index (Phi) is 3.45. The number of aliphatic carboxylic acids is 1. The van der Waals surface area contributed by atoms with E-state index in [4.69, 9.17) is 9.52 Å². The molecule has 0 amide bonds. The zero-order chi connectivity index (χ0) is 12.1. The van der Waals surface area contributed by atoms with Crippen molar-refractivity contribution in [1.29, 1.82) is 0 Å². The first-order valence-corrected chi connectivity index (χ1v) is 5.30. The number of nitrogens with zero attached hydrogens (tertiary/aromatic N) is 1. The molecule has 0 unspecified atom stereocenters. The van der Waals surface area contributed by atoms with Gasteiger partial charge in [-0.15, -0.1) is 0 Å². The van der Waals surface area contributed by atoms with Crippen LogP contribution in [-0.2, 0) is 11.3 Å². The molecule has 1 heterocycles. The van der Waals surface area contributed by atoms with Gasteiger partial charge in [-0.3, -0.25) is 4.79 Å². The lowest BCUT2D eigenvalue weighted by Crippen LogP contribution is -2.28. The van der Waals surface area contributed by atoms with Crippen molar-refractivity contribution >= 4 is 11.7 Å². The predicted molar refractivity (Wildman–Crippen MR) is 63.8 cm³/mol. The highest BCUT2D eigenvalue weighted by molar-refractivity contribution is 5.73. The Labute approximate surface area is 99.1 Å². The average Bonchev–Trinajstić information content (AvgIpc) is 2.82. The van der Waals surface area contributed by atoms with Crippen LogP contribution >= 0.6 is 0 Å². The van der Waals surface area contributed by atoms with Gasteiger partial charge in [0.05, 0.1) is 12.8 Å². The SMILES string of the molecule is O=C(O)CN(Cc1ccco1)c1ccccc1. The van der Waals surface area contributed by atoms with Crippen molar-refractivity contribution in [2.75, 3.05) is 11.4 Å². The van der Waals surface area contributed by atoms with E-state index in [1.807, 2.05) is 36.4 Å². The molecule has 1 N–H and O–H groups in total. The van der Waals surface area contributed by atoms with Gasteiger partial charge in [0.15, 0.2) is 0 Å². The number of hydrogen-bond donors (Lipinski definition) is 1. The smallest absolute Gasteiger partial charge is 0.323 e. The van der Waals surface area contributed by atoms with E-state index in [1.54, 1.807) is 17.2 Å². The lowest BCUT2D eigenvalue weighted by molar-refractivity contribution is -0.135. The van der Waals surface area contributed by atoms with Crippen molar-refractivity contribution in [2.24, 2.45) is 0 Å². The zero-order valence-corrected chi connectivity index (χ0v) is 9.24. The number of hydrogen-bond acceptors (Lipinski definition) is 3. The summed E-state index contributed by atoms with van der Waals surface area (Å²) in [6.45, 7) is 0.397. The summed E-state index contributed by atoms with van der Waals surface area (Å²) in [7, 11) is 0. The second-order valence-electron chi connectivity index (χ2n) is 3.66. The number of benzene rings is 1. The molecule has 1 aromatic carbocycles. The minimum Gasteiger partial charge on any atom is -0.480 e. The number of carboxylic acid groups (broad SMARTS) is 1. The van der Waals surface area contributed by atoms with Crippen LogP contribution in [0.2, 0.25) is 0 Å². The summed E-state index contributed by atoms with van der Waals surface area (Å²) in [5, 5.41) is 8.90. The highest BCUT2D eigenvalue weighted by atomic mass is 16.4. The van der Waals surface area contributed by atoms with Gasteiger partial charge in [-0.25, -0.2) is 0 Å². The molecule has 0 radical (unpaired) electrons. The number of anilines is 1. The molecule has 0 saturated heterocycles. The van der Waals surface area contributed by atoms with Crippen molar-refractivity contribution in [3.05, 3.63) is 54.5 Å².